The van der Waals surface area contributed by atoms with Gasteiger partial charge in [-0.2, -0.15) is 17.9 Å². The summed E-state index contributed by atoms with van der Waals surface area (Å²) in [4.78, 5) is 25.8. The second-order valence-electron chi connectivity index (χ2n) is 5.30. The number of likely N-dealkylation sites (tertiary alicyclic amines) is 1. The average molecular weight is 333 g/mol. The van der Waals surface area contributed by atoms with E-state index >= 15 is 0 Å². The van der Waals surface area contributed by atoms with E-state index in [4.69, 9.17) is 10.00 Å². The smallest absolute Gasteiger partial charge is 0.410 e. The Bertz CT molecular complexity index is 588. The third-order valence-electron chi connectivity index (χ3n) is 3.56. The topological polar surface area (TPSA) is 82.4 Å². The number of nitrogens with one attached hydrogen (secondary N) is 1. The maximum absolute atomic E-state index is 12.2. The van der Waals surface area contributed by atoms with Gasteiger partial charge in [-0.15, -0.1) is 0 Å². The fraction of sp³-hybridized carbons (Fsp3) is 0.438. The number of carbonyl (C=O) groups excluding carboxylic acids is 2. The first-order valence-electron chi connectivity index (χ1n) is 7.42. The van der Waals surface area contributed by atoms with Gasteiger partial charge in [0.25, 0.3) is 0 Å². The number of amides is 2. The molecule has 0 radical (unpaired) electrons. The van der Waals surface area contributed by atoms with Crippen molar-refractivity contribution in [1.29, 1.82) is 5.26 Å². The number of nitriles is 1. The van der Waals surface area contributed by atoms with Crippen molar-refractivity contribution >= 4 is 24.6 Å². The third kappa shape index (κ3) is 4.89. The molecule has 1 aliphatic heterocycles. The molecular weight excluding hydrogens is 314 g/mol. The second kappa shape index (κ2) is 8.44. The van der Waals surface area contributed by atoms with Gasteiger partial charge in [-0.05, 0) is 12.0 Å². The summed E-state index contributed by atoms with van der Waals surface area (Å²) in [6, 6.07) is 10.7. The summed E-state index contributed by atoms with van der Waals surface area (Å²) in [5, 5.41) is 11.1. The molecule has 2 amide bonds. The molecule has 122 valence electrons. The second-order valence-corrected chi connectivity index (χ2v) is 6.03. The van der Waals surface area contributed by atoms with E-state index in [1.807, 2.05) is 36.4 Å². The van der Waals surface area contributed by atoms with Crippen molar-refractivity contribution in [3.8, 4) is 6.07 Å². The molecule has 2 atom stereocenters. The van der Waals surface area contributed by atoms with Gasteiger partial charge in [-0.1, -0.05) is 30.3 Å². The summed E-state index contributed by atoms with van der Waals surface area (Å²) < 4.78 is 5.29. The number of nitrogens with zero attached hydrogens (tertiary/aromatic N) is 2. The van der Waals surface area contributed by atoms with E-state index in [2.05, 4.69) is 17.9 Å². The van der Waals surface area contributed by atoms with Crippen molar-refractivity contribution in [2.75, 3.05) is 13.1 Å². The Morgan fingerprint density at radius 2 is 2.13 bits per heavy atom. The first kappa shape index (κ1) is 17.2. The number of ether oxygens (including phenoxy) is 1. The Hall–Kier alpha value is -2.20. The number of rotatable bonds is 5. The van der Waals surface area contributed by atoms with Gasteiger partial charge in [0.15, 0.2) is 0 Å². The third-order valence-corrected chi connectivity index (χ3v) is 3.93. The molecule has 1 saturated heterocycles. The molecule has 0 saturated carbocycles. The maximum atomic E-state index is 12.2. The van der Waals surface area contributed by atoms with Crippen LogP contribution >= 0.6 is 12.6 Å². The van der Waals surface area contributed by atoms with Gasteiger partial charge >= 0.3 is 6.09 Å². The van der Waals surface area contributed by atoms with Gasteiger partial charge in [0.2, 0.25) is 5.91 Å². The summed E-state index contributed by atoms with van der Waals surface area (Å²) in [6.07, 6.45) is 0.189. The molecule has 0 unspecified atom stereocenters. The van der Waals surface area contributed by atoms with E-state index in [1.54, 1.807) is 0 Å². The van der Waals surface area contributed by atoms with Gasteiger partial charge < -0.3 is 10.1 Å². The molecule has 7 heteroatoms. The Morgan fingerprint density at radius 3 is 2.83 bits per heavy atom. The largest absolute Gasteiger partial charge is 0.445 e. The molecular formula is C16H19N3O3S. The Balaban J connectivity index is 1.91. The molecule has 1 N–H and O–H groups in total. The number of carbonyl (C=O) groups is 2. The predicted octanol–water partition coefficient (Wildman–Crippen LogP) is 1.73. The van der Waals surface area contributed by atoms with E-state index in [0.29, 0.717) is 13.0 Å². The maximum Gasteiger partial charge on any atom is 0.410 e. The highest BCUT2D eigenvalue weighted by atomic mass is 32.1. The highest BCUT2D eigenvalue weighted by Crippen LogP contribution is 2.23. The van der Waals surface area contributed by atoms with Crippen molar-refractivity contribution < 1.29 is 14.3 Å². The number of hydrogen-bond donors (Lipinski definition) is 2. The molecule has 23 heavy (non-hydrogen) atoms. The summed E-state index contributed by atoms with van der Waals surface area (Å²) >= 11 is 4.37. The van der Waals surface area contributed by atoms with Gasteiger partial charge in [0, 0.05) is 18.3 Å². The fourth-order valence-electron chi connectivity index (χ4n) is 2.43. The van der Waals surface area contributed by atoms with Crippen LogP contribution in [0, 0.1) is 11.3 Å². The quantitative estimate of drug-likeness (QED) is 0.635. The molecule has 0 aromatic heterocycles. The minimum atomic E-state index is -0.598. The van der Waals surface area contributed by atoms with Crippen molar-refractivity contribution in [3.05, 3.63) is 35.9 Å². The van der Waals surface area contributed by atoms with E-state index in [0.717, 1.165) is 5.56 Å². The lowest BCUT2D eigenvalue weighted by atomic mass is 10.2. The molecule has 1 aromatic carbocycles. The lowest BCUT2D eigenvalue weighted by Gasteiger charge is -2.23. The van der Waals surface area contributed by atoms with Crippen LogP contribution in [0.15, 0.2) is 30.3 Å². The molecule has 1 heterocycles. The zero-order valence-electron chi connectivity index (χ0n) is 12.6. The molecule has 6 nitrogen and oxygen atoms in total. The zero-order valence-corrected chi connectivity index (χ0v) is 13.5. The molecule has 1 fully saturated rings. The molecule has 1 aromatic rings. The van der Waals surface area contributed by atoms with Crippen molar-refractivity contribution in [3.63, 3.8) is 0 Å². The van der Waals surface area contributed by atoms with Crippen LogP contribution in [0.25, 0.3) is 0 Å². The zero-order chi connectivity index (χ0) is 16.7. The molecule has 0 spiro atoms. The molecule has 0 aliphatic carbocycles. The Kier molecular flexibility index (Phi) is 6.29. The predicted molar refractivity (Wildman–Crippen MR) is 87.8 cm³/mol. The van der Waals surface area contributed by atoms with Gasteiger partial charge in [0.05, 0.1) is 12.5 Å². The fourth-order valence-corrected chi connectivity index (χ4v) is 2.80. The van der Waals surface area contributed by atoms with Crippen molar-refractivity contribution in [2.45, 2.75) is 30.7 Å². The van der Waals surface area contributed by atoms with Crippen LogP contribution < -0.4 is 5.32 Å². The number of hydrogen-bond acceptors (Lipinski definition) is 5. The standard InChI is InChI=1S/C16H19N3O3S/c17-7-4-8-18-15(20)14-9-13(23)10-19(14)16(21)22-11-12-5-2-1-3-6-12/h1-3,5-6,13-14,23H,4,8-11H2,(H,18,20)/t13-,14+/m1/s1. The minimum absolute atomic E-state index is 0.0639. The van der Waals surface area contributed by atoms with E-state index < -0.39 is 12.1 Å². The summed E-state index contributed by atoms with van der Waals surface area (Å²) in [7, 11) is 0. The molecule has 2 rings (SSSR count). The van der Waals surface area contributed by atoms with Crippen LogP contribution in [0.3, 0.4) is 0 Å². The first-order valence-corrected chi connectivity index (χ1v) is 7.93. The van der Waals surface area contributed by atoms with E-state index in [1.165, 1.54) is 4.90 Å². The number of thiol groups is 1. The summed E-state index contributed by atoms with van der Waals surface area (Å²) in [5.41, 5.74) is 0.887. The lowest BCUT2D eigenvalue weighted by Crippen LogP contribution is -2.46. The van der Waals surface area contributed by atoms with Crippen LogP contribution in [-0.4, -0.2) is 41.3 Å². The van der Waals surface area contributed by atoms with Crippen LogP contribution in [0.2, 0.25) is 0 Å². The summed E-state index contributed by atoms with van der Waals surface area (Å²) in [5.74, 6) is -0.270. The van der Waals surface area contributed by atoms with Crippen LogP contribution in [0.1, 0.15) is 18.4 Å². The minimum Gasteiger partial charge on any atom is -0.445 e. The molecule has 0 bridgehead atoms. The first-order chi connectivity index (χ1) is 11.1. The Labute approximate surface area is 140 Å². The van der Waals surface area contributed by atoms with Crippen LogP contribution in [-0.2, 0) is 16.1 Å². The monoisotopic (exact) mass is 333 g/mol. The molecule has 1 aliphatic rings. The van der Waals surface area contributed by atoms with Crippen LogP contribution in [0.5, 0.6) is 0 Å². The van der Waals surface area contributed by atoms with E-state index in [-0.39, 0.29) is 30.7 Å². The normalized spacial score (nSPS) is 19.9. The van der Waals surface area contributed by atoms with Crippen LogP contribution in [0.4, 0.5) is 4.79 Å². The van der Waals surface area contributed by atoms with Gasteiger partial charge in [0.1, 0.15) is 12.6 Å². The van der Waals surface area contributed by atoms with Crippen molar-refractivity contribution in [1.82, 2.24) is 10.2 Å². The van der Waals surface area contributed by atoms with Gasteiger partial charge in [-0.3, -0.25) is 9.69 Å². The highest BCUT2D eigenvalue weighted by Gasteiger charge is 2.39. The number of benzene rings is 1. The van der Waals surface area contributed by atoms with Crippen molar-refractivity contribution in [2.24, 2.45) is 0 Å². The average Bonchev–Trinajstić information content (AvgIpc) is 2.96. The summed E-state index contributed by atoms with van der Waals surface area (Å²) in [6.45, 7) is 0.805. The highest BCUT2D eigenvalue weighted by molar-refractivity contribution is 7.81. The van der Waals surface area contributed by atoms with E-state index in [9.17, 15) is 9.59 Å². The Morgan fingerprint density at radius 1 is 1.39 bits per heavy atom. The van der Waals surface area contributed by atoms with Gasteiger partial charge in [-0.25, -0.2) is 4.79 Å². The lowest BCUT2D eigenvalue weighted by molar-refractivity contribution is -0.125. The SMILES string of the molecule is N#CCCNC(=O)[C@@H]1C[C@@H](S)CN1C(=O)OCc1ccccc1.